The molecule has 0 bridgehead atoms. The van der Waals surface area contributed by atoms with E-state index in [-0.39, 0.29) is 18.4 Å². The molecule has 8 heteroatoms. The number of carbonyl (C=O) groups excluding carboxylic acids is 1. The van der Waals surface area contributed by atoms with E-state index in [2.05, 4.69) is 15.5 Å². The highest BCUT2D eigenvalue weighted by Gasteiger charge is 2.18. The SMILES string of the molecule is COc1cc(CC(=O)NC(C)c2nnc(C)o2)cc(OC)c1OC. The van der Waals surface area contributed by atoms with Gasteiger partial charge in [-0.25, -0.2) is 0 Å². The second-order valence-corrected chi connectivity index (χ2v) is 5.16. The van der Waals surface area contributed by atoms with Crippen LogP contribution < -0.4 is 19.5 Å². The molecule has 0 fully saturated rings. The van der Waals surface area contributed by atoms with Gasteiger partial charge in [0.2, 0.25) is 23.4 Å². The Labute approximate surface area is 140 Å². The lowest BCUT2D eigenvalue weighted by molar-refractivity contribution is -0.121. The number of nitrogens with one attached hydrogen (secondary N) is 1. The molecule has 1 aromatic heterocycles. The van der Waals surface area contributed by atoms with Crippen LogP contribution in [-0.2, 0) is 11.2 Å². The van der Waals surface area contributed by atoms with Gasteiger partial charge in [-0.15, -0.1) is 10.2 Å². The maximum Gasteiger partial charge on any atom is 0.238 e. The third-order valence-corrected chi connectivity index (χ3v) is 3.38. The molecule has 0 saturated carbocycles. The lowest BCUT2D eigenvalue weighted by atomic mass is 10.1. The highest BCUT2D eigenvalue weighted by atomic mass is 16.5. The van der Waals surface area contributed by atoms with Gasteiger partial charge in [0.15, 0.2) is 11.5 Å². The number of nitrogens with zero attached hydrogens (tertiary/aromatic N) is 2. The van der Waals surface area contributed by atoms with Gasteiger partial charge < -0.3 is 23.9 Å². The third kappa shape index (κ3) is 3.95. The maximum atomic E-state index is 12.2. The fourth-order valence-electron chi connectivity index (χ4n) is 2.26. The molecule has 1 N–H and O–H groups in total. The van der Waals surface area contributed by atoms with E-state index in [1.54, 1.807) is 26.0 Å². The second-order valence-electron chi connectivity index (χ2n) is 5.16. The Morgan fingerprint density at radius 3 is 2.25 bits per heavy atom. The van der Waals surface area contributed by atoms with Gasteiger partial charge in [0, 0.05) is 6.92 Å². The van der Waals surface area contributed by atoms with Crippen molar-refractivity contribution < 1.29 is 23.4 Å². The summed E-state index contributed by atoms with van der Waals surface area (Å²) in [7, 11) is 4.59. The molecule has 0 aliphatic heterocycles. The summed E-state index contributed by atoms with van der Waals surface area (Å²) in [6, 6.07) is 3.10. The Morgan fingerprint density at radius 1 is 1.17 bits per heavy atom. The predicted molar refractivity (Wildman–Crippen MR) is 85.4 cm³/mol. The Balaban J connectivity index is 2.11. The van der Waals surface area contributed by atoms with E-state index in [0.29, 0.717) is 29.0 Å². The number of aryl methyl sites for hydroxylation is 1. The van der Waals surface area contributed by atoms with Gasteiger partial charge in [0.1, 0.15) is 6.04 Å². The Morgan fingerprint density at radius 2 is 1.79 bits per heavy atom. The second kappa shape index (κ2) is 7.67. The van der Waals surface area contributed by atoms with Crippen molar-refractivity contribution in [3.8, 4) is 17.2 Å². The van der Waals surface area contributed by atoms with Crippen LogP contribution in [0.2, 0.25) is 0 Å². The number of methoxy groups -OCH3 is 3. The van der Waals surface area contributed by atoms with Crippen LogP contribution in [0.4, 0.5) is 0 Å². The standard InChI is InChI=1S/C16H21N3O5/c1-9(16-19-18-10(2)24-16)17-14(20)8-11-6-12(21-3)15(23-5)13(7-11)22-4/h6-7,9H,8H2,1-5H3,(H,17,20). The zero-order chi connectivity index (χ0) is 17.7. The normalized spacial score (nSPS) is 11.7. The minimum atomic E-state index is -0.374. The van der Waals surface area contributed by atoms with E-state index in [1.807, 2.05) is 0 Å². The van der Waals surface area contributed by atoms with Crippen LogP contribution in [0.5, 0.6) is 17.2 Å². The Bertz CT molecular complexity index is 688. The van der Waals surface area contributed by atoms with E-state index in [1.165, 1.54) is 21.3 Å². The number of hydrogen-bond donors (Lipinski definition) is 1. The molecule has 130 valence electrons. The molecule has 1 atom stereocenters. The van der Waals surface area contributed by atoms with E-state index in [9.17, 15) is 4.79 Å². The number of rotatable bonds is 7. The first-order valence-electron chi connectivity index (χ1n) is 7.36. The van der Waals surface area contributed by atoms with Crippen molar-refractivity contribution in [2.24, 2.45) is 0 Å². The van der Waals surface area contributed by atoms with Gasteiger partial charge in [-0.05, 0) is 24.6 Å². The quantitative estimate of drug-likeness (QED) is 0.824. The van der Waals surface area contributed by atoms with Crippen LogP contribution in [0, 0.1) is 6.92 Å². The van der Waals surface area contributed by atoms with E-state index in [4.69, 9.17) is 18.6 Å². The van der Waals surface area contributed by atoms with Crippen LogP contribution in [-0.4, -0.2) is 37.4 Å². The molecule has 1 unspecified atom stereocenters. The predicted octanol–water partition coefficient (Wildman–Crippen LogP) is 1.82. The molecule has 2 rings (SSSR count). The lowest BCUT2D eigenvalue weighted by Crippen LogP contribution is -2.28. The van der Waals surface area contributed by atoms with E-state index in [0.717, 1.165) is 5.56 Å². The first-order valence-corrected chi connectivity index (χ1v) is 7.36. The van der Waals surface area contributed by atoms with Crippen molar-refractivity contribution in [2.45, 2.75) is 26.3 Å². The minimum Gasteiger partial charge on any atom is -0.493 e. The summed E-state index contributed by atoms with van der Waals surface area (Å²) in [5, 5.41) is 10.5. The summed E-state index contributed by atoms with van der Waals surface area (Å²) in [5.41, 5.74) is 0.732. The molecular weight excluding hydrogens is 314 g/mol. The Hall–Kier alpha value is -2.77. The minimum absolute atomic E-state index is 0.147. The van der Waals surface area contributed by atoms with Gasteiger partial charge >= 0.3 is 0 Å². The number of aromatic nitrogens is 2. The lowest BCUT2D eigenvalue weighted by Gasteiger charge is -2.15. The number of carbonyl (C=O) groups is 1. The smallest absolute Gasteiger partial charge is 0.238 e. The van der Waals surface area contributed by atoms with Gasteiger partial charge in [-0.3, -0.25) is 4.79 Å². The molecule has 1 amide bonds. The molecule has 0 aliphatic rings. The number of benzene rings is 1. The topological polar surface area (TPSA) is 95.7 Å². The fourth-order valence-corrected chi connectivity index (χ4v) is 2.26. The van der Waals surface area contributed by atoms with Crippen LogP contribution in [0.3, 0.4) is 0 Å². The van der Waals surface area contributed by atoms with Gasteiger partial charge in [0.25, 0.3) is 0 Å². The third-order valence-electron chi connectivity index (χ3n) is 3.38. The number of hydrogen-bond acceptors (Lipinski definition) is 7. The number of ether oxygens (including phenoxy) is 3. The van der Waals surface area contributed by atoms with Gasteiger partial charge in [0.05, 0.1) is 27.8 Å². The molecule has 1 heterocycles. The molecule has 0 spiro atoms. The molecule has 0 saturated heterocycles. The number of amides is 1. The summed E-state index contributed by atoms with van der Waals surface area (Å²) in [6.07, 6.45) is 0.147. The average molecular weight is 335 g/mol. The highest BCUT2D eigenvalue weighted by molar-refractivity contribution is 5.79. The molecule has 24 heavy (non-hydrogen) atoms. The molecular formula is C16H21N3O5. The first-order chi connectivity index (χ1) is 11.5. The zero-order valence-electron chi connectivity index (χ0n) is 14.4. The largest absolute Gasteiger partial charge is 0.493 e. The van der Waals surface area contributed by atoms with E-state index >= 15 is 0 Å². The van der Waals surface area contributed by atoms with Gasteiger partial charge in [-0.2, -0.15) is 0 Å². The summed E-state index contributed by atoms with van der Waals surface area (Å²) in [6.45, 7) is 3.47. The van der Waals surface area contributed by atoms with Crippen LogP contribution >= 0.6 is 0 Å². The van der Waals surface area contributed by atoms with Crippen LogP contribution in [0.25, 0.3) is 0 Å². The van der Waals surface area contributed by atoms with Crippen molar-refractivity contribution in [3.05, 3.63) is 29.5 Å². The fraction of sp³-hybridized carbons (Fsp3) is 0.438. The van der Waals surface area contributed by atoms with Crippen molar-refractivity contribution >= 4 is 5.91 Å². The maximum absolute atomic E-state index is 12.2. The van der Waals surface area contributed by atoms with Gasteiger partial charge in [-0.1, -0.05) is 0 Å². The van der Waals surface area contributed by atoms with Crippen molar-refractivity contribution in [2.75, 3.05) is 21.3 Å². The molecule has 2 aromatic rings. The van der Waals surface area contributed by atoms with Crippen molar-refractivity contribution in [1.82, 2.24) is 15.5 Å². The summed E-state index contributed by atoms with van der Waals surface area (Å²) >= 11 is 0. The van der Waals surface area contributed by atoms with Crippen molar-refractivity contribution in [1.29, 1.82) is 0 Å². The average Bonchev–Trinajstić information content (AvgIpc) is 3.00. The molecule has 0 aliphatic carbocycles. The zero-order valence-corrected chi connectivity index (χ0v) is 14.4. The molecule has 1 aromatic carbocycles. The van der Waals surface area contributed by atoms with Crippen molar-refractivity contribution in [3.63, 3.8) is 0 Å². The van der Waals surface area contributed by atoms with Crippen LogP contribution in [0.15, 0.2) is 16.5 Å². The summed E-state index contributed by atoms with van der Waals surface area (Å²) < 4.78 is 21.1. The Kier molecular flexibility index (Phi) is 5.62. The monoisotopic (exact) mass is 335 g/mol. The first kappa shape index (κ1) is 17.6. The molecule has 0 radical (unpaired) electrons. The summed E-state index contributed by atoms with van der Waals surface area (Å²) in [4.78, 5) is 12.2. The summed E-state index contributed by atoms with van der Waals surface area (Å²) in [5.74, 6) is 2.12. The molecule has 8 nitrogen and oxygen atoms in total. The highest BCUT2D eigenvalue weighted by Crippen LogP contribution is 2.38. The van der Waals surface area contributed by atoms with E-state index < -0.39 is 0 Å². The van der Waals surface area contributed by atoms with Crippen LogP contribution in [0.1, 0.15) is 30.3 Å².